The molecule has 350 valence electrons. The maximum atomic E-state index is 13.8. The van der Waals surface area contributed by atoms with Crippen molar-refractivity contribution in [1.29, 1.82) is 0 Å². The molecule has 68 heavy (non-hydrogen) atoms. The minimum absolute atomic E-state index is 0.0667. The lowest BCUT2D eigenvalue weighted by Gasteiger charge is -2.26. The van der Waals surface area contributed by atoms with Crippen LogP contribution >= 0.6 is 11.3 Å². The number of furan rings is 1. The van der Waals surface area contributed by atoms with Crippen molar-refractivity contribution in [3.8, 4) is 39.5 Å². The van der Waals surface area contributed by atoms with E-state index in [9.17, 15) is 28.8 Å². The van der Waals surface area contributed by atoms with Crippen LogP contribution in [0.4, 0.5) is 0 Å². The SMILES string of the molecule is C=CC(=O)COc1ccc(OC(=O)[C@H]2CC[C@H](C(=O)Oc3ccc(OC(=O)[C@H]4CC[C@H](C(=O)Oc5ccc(COC(=O)C=C)cc5)CC4)c4sc(-c5cc6c(C)cc(C)cc6o5)nc34)CC2)cc1. The number of nitrogens with zero attached hydrogens (tertiary/aromatic N) is 1. The summed E-state index contributed by atoms with van der Waals surface area (Å²) in [4.78, 5) is 81.4. The first-order chi connectivity index (χ1) is 32.8. The Bertz CT molecular complexity index is 2740. The Labute approximate surface area is 395 Å². The highest BCUT2D eigenvalue weighted by molar-refractivity contribution is 7.22. The number of aromatic nitrogens is 1. The Morgan fingerprint density at radius 3 is 1.72 bits per heavy atom. The van der Waals surface area contributed by atoms with Gasteiger partial charge in [0.15, 0.2) is 34.7 Å². The highest BCUT2D eigenvalue weighted by Gasteiger charge is 2.35. The predicted molar refractivity (Wildman–Crippen MR) is 251 cm³/mol. The molecule has 4 aromatic carbocycles. The normalized spacial score (nSPS) is 18.0. The fourth-order valence-electron chi connectivity index (χ4n) is 8.42. The first-order valence-electron chi connectivity index (χ1n) is 22.4. The molecule has 2 aliphatic carbocycles. The van der Waals surface area contributed by atoms with Crippen LogP contribution in [0.25, 0.3) is 32.0 Å². The number of carbonyl (C=O) groups excluding carboxylic acids is 6. The van der Waals surface area contributed by atoms with Crippen LogP contribution in [0.2, 0.25) is 0 Å². The Balaban J connectivity index is 0.912. The lowest BCUT2D eigenvalue weighted by atomic mass is 9.82. The van der Waals surface area contributed by atoms with Crippen LogP contribution < -0.4 is 23.7 Å². The van der Waals surface area contributed by atoms with Gasteiger partial charge in [0, 0.05) is 11.5 Å². The Hall–Kier alpha value is -7.39. The van der Waals surface area contributed by atoms with E-state index in [1.165, 1.54) is 17.4 Å². The van der Waals surface area contributed by atoms with Gasteiger partial charge in [-0.25, -0.2) is 9.78 Å². The fourth-order valence-corrected chi connectivity index (χ4v) is 9.40. The van der Waals surface area contributed by atoms with Crippen LogP contribution in [0.5, 0.6) is 28.7 Å². The molecular weight excluding hydrogens is 891 g/mol. The van der Waals surface area contributed by atoms with Crippen LogP contribution in [-0.2, 0) is 40.1 Å². The molecule has 2 heterocycles. The van der Waals surface area contributed by atoms with Gasteiger partial charge < -0.3 is 32.8 Å². The van der Waals surface area contributed by atoms with E-state index >= 15 is 0 Å². The van der Waals surface area contributed by atoms with Crippen molar-refractivity contribution in [3.63, 3.8) is 0 Å². The number of hydrogen-bond acceptors (Lipinski definition) is 15. The van der Waals surface area contributed by atoms with Crippen LogP contribution in [0, 0.1) is 37.5 Å². The fraction of sp³-hybridized carbons (Fsp3) is 0.302. The summed E-state index contributed by atoms with van der Waals surface area (Å²) >= 11 is 1.25. The number of thiazole rings is 1. The molecule has 0 bridgehead atoms. The van der Waals surface area contributed by atoms with Gasteiger partial charge in [-0.3, -0.25) is 24.0 Å². The molecule has 2 aromatic heterocycles. The van der Waals surface area contributed by atoms with Crippen molar-refractivity contribution < 1.29 is 61.6 Å². The van der Waals surface area contributed by atoms with Crippen molar-refractivity contribution in [1.82, 2.24) is 4.98 Å². The van der Waals surface area contributed by atoms with E-state index in [2.05, 4.69) is 19.2 Å². The highest BCUT2D eigenvalue weighted by Crippen LogP contribution is 2.44. The van der Waals surface area contributed by atoms with Gasteiger partial charge in [-0.05, 0) is 149 Å². The van der Waals surface area contributed by atoms with Crippen LogP contribution in [0.1, 0.15) is 68.1 Å². The number of aryl methyl sites for hydroxylation is 2. The molecule has 15 heteroatoms. The van der Waals surface area contributed by atoms with Gasteiger partial charge >= 0.3 is 29.8 Å². The molecule has 0 spiro atoms. The van der Waals surface area contributed by atoms with Crippen molar-refractivity contribution in [2.45, 2.75) is 71.8 Å². The topological polar surface area (TPSA) is 184 Å². The average molecular weight is 940 g/mol. The van der Waals surface area contributed by atoms with Crippen molar-refractivity contribution >= 4 is 68.2 Å². The van der Waals surface area contributed by atoms with Crippen LogP contribution in [-0.4, -0.2) is 47.2 Å². The summed E-state index contributed by atoms with van der Waals surface area (Å²) in [7, 11) is 0. The molecule has 0 amide bonds. The molecule has 8 rings (SSSR count). The molecule has 14 nitrogen and oxygen atoms in total. The molecule has 0 radical (unpaired) electrons. The first-order valence-corrected chi connectivity index (χ1v) is 23.2. The van der Waals surface area contributed by atoms with Crippen molar-refractivity contribution in [2.75, 3.05) is 6.61 Å². The minimum Gasteiger partial charge on any atom is -0.485 e. The van der Waals surface area contributed by atoms with Gasteiger partial charge in [0.2, 0.25) is 0 Å². The monoisotopic (exact) mass is 939 g/mol. The smallest absolute Gasteiger partial charge is 0.330 e. The molecule has 2 saturated carbocycles. The highest BCUT2D eigenvalue weighted by atomic mass is 32.1. The molecule has 0 N–H and O–H groups in total. The molecule has 6 aromatic rings. The zero-order valence-corrected chi connectivity index (χ0v) is 38.4. The molecule has 0 unspecified atom stereocenters. The molecule has 2 fully saturated rings. The zero-order valence-electron chi connectivity index (χ0n) is 37.6. The minimum atomic E-state index is -0.532. The van der Waals surface area contributed by atoms with Gasteiger partial charge in [-0.15, -0.1) is 11.3 Å². The first kappa shape index (κ1) is 47.1. The third-order valence-electron chi connectivity index (χ3n) is 12.2. The van der Waals surface area contributed by atoms with Gasteiger partial charge in [-0.2, -0.15) is 0 Å². The maximum absolute atomic E-state index is 13.8. The van der Waals surface area contributed by atoms with E-state index in [-0.39, 0.29) is 36.5 Å². The summed E-state index contributed by atoms with van der Waals surface area (Å²) in [5, 5.41) is 1.44. The summed E-state index contributed by atoms with van der Waals surface area (Å²) in [6, 6.07) is 22.2. The van der Waals surface area contributed by atoms with Gasteiger partial charge in [-0.1, -0.05) is 31.4 Å². The number of benzene rings is 4. The van der Waals surface area contributed by atoms with Crippen LogP contribution in [0.15, 0.2) is 109 Å². The number of carbonyl (C=O) groups is 6. The van der Waals surface area contributed by atoms with Gasteiger partial charge in [0.1, 0.15) is 39.7 Å². The summed E-state index contributed by atoms with van der Waals surface area (Å²) in [6.45, 7) is 10.7. The summed E-state index contributed by atoms with van der Waals surface area (Å²) in [6.07, 6.45) is 5.63. The number of ketones is 1. The second-order valence-electron chi connectivity index (χ2n) is 17.0. The number of fused-ring (bicyclic) bond motifs is 2. The molecule has 0 atom stereocenters. The number of ether oxygens (including phenoxy) is 6. The van der Waals surface area contributed by atoms with E-state index < -0.39 is 47.5 Å². The summed E-state index contributed by atoms with van der Waals surface area (Å²) in [5.74, 6) is -2.11. The molecule has 0 saturated heterocycles. The number of hydrogen-bond donors (Lipinski definition) is 0. The van der Waals surface area contributed by atoms with Crippen LogP contribution in [0.3, 0.4) is 0 Å². The van der Waals surface area contributed by atoms with E-state index in [0.717, 1.165) is 28.2 Å². The molecule has 2 aliphatic rings. The third-order valence-corrected chi connectivity index (χ3v) is 13.3. The zero-order chi connectivity index (χ0) is 47.9. The standard InChI is InChI=1S/C53H49NO13S/c1-5-37(55)29-61-38-19-21-40(22-20-38)64-51(58)34-9-13-35(14-10-34)52(59)66-42-23-24-43(48-47(42)54-49(68-48)45-27-41-31(4)25-30(3)26-44(41)65-45)67-53(60)36-15-11-33(12-16-36)50(57)63-39-17-7-32(8-18-39)28-62-46(56)6-2/h5-8,17-27,33-36H,1-2,9-16,28-29H2,3-4H3/t33-,34-,35-,36-. The second kappa shape index (κ2) is 21.1. The van der Waals surface area contributed by atoms with E-state index in [0.29, 0.717) is 95.2 Å². The van der Waals surface area contributed by atoms with E-state index in [4.69, 9.17) is 37.8 Å². The lowest BCUT2D eigenvalue weighted by Crippen LogP contribution is -2.30. The summed E-state index contributed by atoms with van der Waals surface area (Å²) in [5.41, 5.74) is 3.86. The Morgan fingerprint density at radius 1 is 0.647 bits per heavy atom. The van der Waals surface area contributed by atoms with Gasteiger partial charge in [0.25, 0.3) is 0 Å². The van der Waals surface area contributed by atoms with Gasteiger partial charge in [0.05, 0.1) is 23.7 Å². The van der Waals surface area contributed by atoms with E-state index in [1.54, 1.807) is 60.7 Å². The summed E-state index contributed by atoms with van der Waals surface area (Å²) < 4.78 is 40.6. The number of esters is 5. The quantitative estimate of drug-likeness (QED) is 0.0507. The van der Waals surface area contributed by atoms with Crippen molar-refractivity contribution in [2.24, 2.45) is 23.7 Å². The Kier molecular flexibility index (Phi) is 14.6. The lowest BCUT2D eigenvalue weighted by molar-refractivity contribution is -0.145. The van der Waals surface area contributed by atoms with E-state index in [1.807, 2.05) is 26.0 Å². The third kappa shape index (κ3) is 11.2. The molecular formula is C53H49NO13S. The molecule has 0 aliphatic heterocycles. The average Bonchev–Trinajstić information content (AvgIpc) is 4.00. The second-order valence-corrected chi connectivity index (χ2v) is 18.0. The predicted octanol–water partition coefficient (Wildman–Crippen LogP) is 10.3. The Morgan fingerprint density at radius 2 is 1.16 bits per heavy atom. The maximum Gasteiger partial charge on any atom is 0.330 e. The largest absolute Gasteiger partial charge is 0.485 e. The number of rotatable bonds is 16. The van der Waals surface area contributed by atoms with Crippen molar-refractivity contribution in [3.05, 3.63) is 121 Å².